The van der Waals surface area contributed by atoms with Crippen molar-refractivity contribution in [2.75, 3.05) is 13.2 Å². The second-order valence-electron chi connectivity index (χ2n) is 2.06. The monoisotopic (exact) mass is 116 g/mol. The molecule has 0 spiro atoms. The zero-order valence-electron chi connectivity index (χ0n) is 5.13. The van der Waals surface area contributed by atoms with E-state index in [1.54, 1.807) is 5.01 Å². The standard InChI is InChI=1S/C5H12N2O/c1-5-7(6)3-2-4-8-5/h5H,2-4,6H2,1H3. The summed E-state index contributed by atoms with van der Waals surface area (Å²) in [6.45, 7) is 3.77. The molecule has 48 valence electrons. The van der Waals surface area contributed by atoms with Crippen LogP contribution in [-0.2, 0) is 4.74 Å². The average molecular weight is 116 g/mol. The lowest BCUT2D eigenvalue weighted by molar-refractivity contribution is -0.0844. The molecule has 1 saturated heterocycles. The van der Waals surface area contributed by atoms with Gasteiger partial charge in [0.1, 0.15) is 6.23 Å². The fourth-order valence-electron chi connectivity index (χ4n) is 0.779. The summed E-state index contributed by atoms with van der Waals surface area (Å²) in [5.74, 6) is 5.49. The molecule has 1 unspecified atom stereocenters. The van der Waals surface area contributed by atoms with E-state index in [2.05, 4.69) is 0 Å². The first-order chi connectivity index (χ1) is 3.80. The summed E-state index contributed by atoms with van der Waals surface area (Å²) < 4.78 is 5.19. The molecule has 8 heavy (non-hydrogen) atoms. The first kappa shape index (κ1) is 6.01. The maximum absolute atomic E-state index is 5.49. The predicted octanol–water partition coefficient (Wildman–Crippen LogP) is -0.0716. The molecule has 3 nitrogen and oxygen atoms in total. The summed E-state index contributed by atoms with van der Waals surface area (Å²) in [6.07, 6.45) is 1.17. The van der Waals surface area contributed by atoms with Gasteiger partial charge in [-0.15, -0.1) is 0 Å². The van der Waals surface area contributed by atoms with Crippen molar-refractivity contribution < 1.29 is 4.74 Å². The van der Waals surface area contributed by atoms with E-state index in [0.717, 1.165) is 19.6 Å². The summed E-state index contributed by atoms with van der Waals surface area (Å²) in [5, 5.41) is 1.71. The Labute approximate surface area is 49.4 Å². The van der Waals surface area contributed by atoms with Gasteiger partial charge in [-0.1, -0.05) is 0 Å². The van der Waals surface area contributed by atoms with Gasteiger partial charge in [-0.05, 0) is 13.3 Å². The molecule has 0 aromatic heterocycles. The quantitative estimate of drug-likeness (QED) is 0.450. The summed E-state index contributed by atoms with van der Waals surface area (Å²) in [7, 11) is 0. The molecule has 0 bridgehead atoms. The van der Waals surface area contributed by atoms with E-state index in [1.165, 1.54) is 0 Å². The number of hydrogen-bond acceptors (Lipinski definition) is 3. The third-order valence-electron chi connectivity index (χ3n) is 1.39. The van der Waals surface area contributed by atoms with Gasteiger partial charge in [0.2, 0.25) is 0 Å². The van der Waals surface area contributed by atoms with Crippen molar-refractivity contribution in [2.45, 2.75) is 19.6 Å². The van der Waals surface area contributed by atoms with Gasteiger partial charge in [0.15, 0.2) is 0 Å². The van der Waals surface area contributed by atoms with Crippen LogP contribution < -0.4 is 5.84 Å². The normalized spacial score (nSPS) is 33.0. The molecule has 2 N–H and O–H groups in total. The van der Waals surface area contributed by atoms with Gasteiger partial charge < -0.3 is 4.74 Å². The lowest BCUT2D eigenvalue weighted by Gasteiger charge is -2.28. The number of ether oxygens (including phenoxy) is 1. The fourth-order valence-corrected chi connectivity index (χ4v) is 0.779. The van der Waals surface area contributed by atoms with Gasteiger partial charge >= 0.3 is 0 Å². The van der Waals surface area contributed by atoms with Crippen molar-refractivity contribution in [3.8, 4) is 0 Å². The molecule has 1 rings (SSSR count). The van der Waals surface area contributed by atoms with E-state index in [4.69, 9.17) is 10.6 Å². The van der Waals surface area contributed by atoms with Crippen molar-refractivity contribution in [2.24, 2.45) is 5.84 Å². The molecule has 0 amide bonds. The predicted molar refractivity (Wildman–Crippen MR) is 30.9 cm³/mol. The number of nitrogens with two attached hydrogens (primary N) is 1. The van der Waals surface area contributed by atoms with Crippen LogP contribution in [0.2, 0.25) is 0 Å². The number of hydrogen-bond donors (Lipinski definition) is 1. The Bertz CT molecular complexity index is 66.8. The van der Waals surface area contributed by atoms with Crippen molar-refractivity contribution in [3.63, 3.8) is 0 Å². The van der Waals surface area contributed by atoms with Gasteiger partial charge in [0.05, 0.1) is 0 Å². The van der Waals surface area contributed by atoms with Gasteiger partial charge in [-0.2, -0.15) is 0 Å². The maximum Gasteiger partial charge on any atom is 0.119 e. The molecule has 0 radical (unpaired) electrons. The third kappa shape index (κ3) is 1.18. The van der Waals surface area contributed by atoms with Gasteiger partial charge in [-0.25, -0.2) is 5.01 Å². The zero-order valence-corrected chi connectivity index (χ0v) is 5.13. The highest BCUT2D eigenvalue weighted by molar-refractivity contribution is 4.56. The summed E-state index contributed by atoms with van der Waals surface area (Å²) in [6, 6.07) is 0. The van der Waals surface area contributed by atoms with E-state index in [1.807, 2.05) is 6.92 Å². The van der Waals surface area contributed by atoms with Crippen LogP contribution >= 0.6 is 0 Å². The number of nitrogens with zero attached hydrogens (tertiary/aromatic N) is 1. The van der Waals surface area contributed by atoms with Crippen LogP contribution in [-0.4, -0.2) is 24.4 Å². The summed E-state index contributed by atoms with van der Waals surface area (Å²) in [4.78, 5) is 0. The molecule has 0 saturated carbocycles. The average Bonchev–Trinajstić information content (AvgIpc) is 1.77. The minimum absolute atomic E-state index is 0.115. The highest BCUT2D eigenvalue weighted by atomic mass is 16.5. The Morgan fingerprint density at radius 2 is 2.50 bits per heavy atom. The Hall–Kier alpha value is -0.120. The molecule has 1 aliphatic rings. The lowest BCUT2D eigenvalue weighted by atomic mass is 10.4. The van der Waals surface area contributed by atoms with E-state index in [0.29, 0.717) is 0 Å². The van der Waals surface area contributed by atoms with Gasteiger partial charge in [-0.3, -0.25) is 5.84 Å². The first-order valence-electron chi connectivity index (χ1n) is 2.93. The highest BCUT2D eigenvalue weighted by Gasteiger charge is 2.13. The van der Waals surface area contributed by atoms with Gasteiger partial charge in [0, 0.05) is 13.2 Å². The molecule has 1 aliphatic heterocycles. The molecule has 0 aromatic carbocycles. The molecular weight excluding hydrogens is 104 g/mol. The SMILES string of the molecule is CC1OCCCN1N. The van der Waals surface area contributed by atoms with Crippen LogP contribution in [0.25, 0.3) is 0 Å². The highest BCUT2D eigenvalue weighted by Crippen LogP contribution is 2.02. The second kappa shape index (κ2) is 2.44. The molecule has 3 heteroatoms. The van der Waals surface area contributed by atoms with Crippen molar-refractivity contribution in [3.05, 3.63) is 0 Å². The minimum Gasteiger partial charge on any atom is -0.362 e. The van der Waals surface area contributed by atoms with E-state index in [-0.39, 0.29) is 6.23 Å². The second-order valence-corrected chi connectivity index (χ2v) is 2.06. The first-order valence-corrected chi connectivity index (χ1v) is 2.93. The summed E-state index contributed by atoms with van der Waals surface area (Å²) in [5.41, 5.74) is 0. The topological polar surface area (TPSA) is 38.5 Å². The van der Waals surface area contributed by atoms with Crippen LogP contribution in [0.1, 0.15) is 13.3 Å². The number of rotatable bonds is 0. The maximum atomic E-state index is 5.49. The smallest absolute Gasteiger partial charge is 0.119 e. The van der Waals surface area contributed by atoms with Crippen molar-refractivity contribution in [1.82, 2.24) is 5.01 Å². The van der Waals surface area contributed by atoms with E-state index in [9.17, 15) is 0 Å². The fraction of sp³-hybridized carbons (Fsp3) is 1.00. The van der Waals surface area contributed by atoms with Crippen molar-refractivity contribution >= 4 is 0 Å². The molecule has 0 aliphatic carbocycles. The lowest BCUT2D eigenvalue weighted by Crippen LogP contribution is -2.45. The molecule has 1 heterocycles. The molecular formula is C5H12N2O. The van der Waals surface area contributed by atoms with Crippen molar-refractivity contribution in [1.29, 1.82) is 0 Å². The van der Waals surface area contributed by atoms with E-state index >= 15 is 0 Å². The Kier molecular flexibility index (Phi) is 1.83. The van der Waals surface area contributed by atoms with Crippen LogP contribution in [0, 0.1) is 0 Å². The minimum atomic E-state index is 0.115. The van der Waals surface area contributed by atoms with Gasteiger partial charge in [0.25, 0.3) is 0 Å². The molecule has 0 aromatic rings. The van der Waals surface area contributed by atoms with Crippen LogP contribution in [0.5, 0.6) is 0 Å². The van der Waals surface area contributed by atoms with E-state index < -0.39 is 0 Å². The van der Waals surface area contributed by atoms with Crippen LogP contribution in [0.15, 0.2) is 0 Å². The van der Waals surface area contributed by atoms with Crippen LogP contribution in [0.4, 0.5) is 0 Å². The Morgan fingerprint density at radius 1 is 1.75 bits per heavy atom. The largest absolute Gasteiger partial charge is 0.362 e. The number of hydrazine groups is 1. The zero-order chi connectivity index (χ0) is 5.98. The molecule has 1 fully saturated rings. The van der Waals surface area contributed by atoms with Crippen LogP contribution in [0.3, 0.4) is 0 Å². The Morgan fingerprint density at radius 3 is 2.88 bits per heavy atom. The Balaban J connectivity index is 2.28. The molecule has 1 atom stereocenters. The third-order valence-corrected chi connectivity index (χ3v) is 1.39. The summed E-state index contributed by atoms with van der Waals surface area (Å²) >= 11 is 0.